The van der Waals surface area contributed by atoms with Gasteiger partial charge in [-0.15, -0.1) is 11.3 Å². The van der Waals surface area contributed by atoms with E-state index in [4.69, 9.17) is 9.47 Å². The van der Waals surface area contributed by atoms with Crippen LogP contribution in [0.1, 0.15) is 29.0 Å². The van der Waals surface area contributed by atoms with Crippen LogP contribution in [0, 0.1) is 0 Å². The molecular formula is C29H33N3O4S. The van der Waals surface area contributed by atoms with E-state index in [-0.39, 0.29) is 30.5 Å². The summed E-state index contributed by atoms with van der Waals surface area (Å²) >= 11 is 1.79. The molecule has 7 nitrogen and oxygen atoms in total. The van der Waals surface area contributed by atoms with Crippen molar-refractivity contribution in [2.45, 2.75) is 25.4 Å². The largest absolute Gasteiger partial charge is 0.497 e. The summed E-state index contributed by atoms with van der Waals surface area (Å²) in [7, 11) is 1.67. The molecule has 0 spiro atoms. The van der Waals surface area contributed by atoms with Crippen LogP contribution in [-0.2, 0) is 16.0 Å². The number of amides is 2. The van der Waals surface area contributed by atoms with E-state index in [0.29, 0.717) is 31.9 Å². The van der Waals surface area contributed by atoms with Crippen LogP contribution >= 0.6 is 11.3 Å². The number of thiophene rings is 1. The molecule has 5 rings (SSSR count). The minimum Gasteiger partial charge on any atom is -0.497 e. The fraction of sp³-hybridized carbons (Fsp3) is 0.379. The minimum absolute atomic E-state index is 0.00257. The Labute approximate surface area is 222 Å². The average molecular weight is 520 g/mol. The number of fused-ring (bicyclic) bond motifs is 1. The van der Waals surface area contributed by atoms with E-state index in [0.717, 1.165) is 24.3 Å². The first-order valence-corrected chi connectivity index (χ1v) is 13.6. The van der Waals surface area contributed by atoms with Crippen LogP contribution in [-0.4, -0.2) is 79.0 Å². The molecule has 2 aromatic carbocycles. The quantitative estimate of drug-likeness (QED) is 0.475. The molecule has 0 radical (unpaired) electrons. The molecule has 1 aromatic heterocycles. The molecule has 0 N–H and O–H groups in total. The third kappa shape index (κ3) is 5.65. The zero-order valence-corrected chi connectivity index (χ0v) is 22.2. The molecule has 0 aliphatic carbocycles. The maximum absolute atomic E-state index is 13.5. The lowest BCUT2D eigenvalue weighted by molar-refractivity contribution is -0.144. The van der Waals surface area contributed by atoms with E-state index in [1.165, 1.54) is 10.4 Å². The highest BCUT2D eigenvalue weighted by atomic mass is 32.1. The Morgan fingerprint density at radius 3 is 2.46 bits per heavy atom. The van der Waals surface area contributed by atoms with Gasteiger partial charge in [0.15, 0.2) is 6.61 Å². The van der Waals surface area contributed by atoms with Crippen LogP contribution in [0.25, 0.3) is 0 Å². The molecule has 0 bridgehead atoms. The summed E-state index contributed by atoms with van der Waals surface area (Å²) < 4.78 is 11.0. The molecule has 37 heavy (non-hydrogen) atoms. The molecule has 2 aliphatic heterocycles. The lowest BCUT2D eigenvalue weighted by Crippen LogP contribution is -2.57. The Hall–Kier alpha value is -3.36. The minimum atomic E-state index is -0.0632. The molecule has 8 heteroatoms. The van der Waals surface area contributed by atoms with Gasteiger partial charge in [-0.25, -0.2) is 0 Å². The molecule has 2 aliphatic rings. The second-order valence-corrected chi connectivity index (χ2v) is 10.6. The number of nitrogens with zero attached hydrogens (tertiary/aromatic N) is 3. The van der Waals surface area contributed by atoms with Crippen molar-refractivity contribution in [2.24, 2.45) is 0 Å². The van der Waals surface area contributed by atoms with Gasteiger partial charge in [0.1, 0.15) is 11.5 Å². The monoisotopic (exact) mass is 519 g/mol. The number of carbonyl (C=O) groups is 2. The normalized spacial score (nSPS) is 19.8. The lowest BCUT2D eigenvalue weighted by atomic mass is 9.93. The number of benzene rings is 2. The number of methoxy groups -OCH3 is 1. The van der Waals surface area contributed by atoms with E-state index in [1.807, 2.05) is 59.2 Å². The Bertz CT molecular complexity index is 1210. The fourth-order valence-corrected chi connectivity index (χ4v) is 6.19. The molecule has 1 saturated heterocycles. The smallest absolute Gasteiger partial charge is 0.260 e. The Kier molecular flexibility index (Phi) is 7.76. The van der Waals surface area contributed by atoms with E-state index in [9.17, 15) is 9.59 Å². The van der Waals surface area contributed by atoms with Gasteiger partial charge < -0.3 is 19.3 Å². The first-order valence-electron chi connectivity index (χ1n) is 12.7. The van der Waals surface area contributed by atoms with Gasteiger partial charge >= 0.3 is 0 Å². The molecule has 0 unspecified atom stereocenters. The maximum atomic E-state index is 13.5. The van der Waals surface area contributed by atoms with Crippen molar-refractivity contribution >= 4 is 23.2 Å². The van der Waals surface area contributed by atoms with Crippen molar-refractivity contribution in [3.8, 4) is 11.5 Å². The zero-order chi connectivity index (χ0) is 25.8. The molecule has 0 saturated carbocycles. The standard InChI is InChI=1S/C29H33N3O4S/c1-21-18-30(15-16-32(21)28(34)20-36-24-6-4-3-5-7-24)27(33)19-31-14-12-26-25(13-17-37-26)29(31)22-8-10-23(35-2)11-9-22/h3-11,13,17,21,29H,12,14-16,18-20H2,1-2H3/t21-,29+/m1/s1. The Morgan fingerprint density at radius 2 is 1.73 bits per heavy atom. The zero-order valence-electron chi connectivity index (χ0n) is 21.3. The third-order valence-electron chi connectivity index (χ3n) is 7.24. The van der Waals surface area contributed by atoms with Crippen molar-refractivity contribution in [3.05, 3.63) is 82.0 Å². The van der Waals surface area contributed by atoms with Gasteiger partial charge in [0.2, 0.25) is 5.91 Å². The molecule has 2 amide bonds. The molecule has 194 valence electrons. The van der Waals surface area contributed by atoms with Gasteiger partial charge in [0, 0.05) is 37.1 Å². The van der Waals surface area contributed by atoms with Crippen molar-refractivity contribution in [2.75, 3.05) is 46.4 Å². The fourth-order valence-electron chi connectivity index (χ4n) is 5.29. The summed E-state index contributed by atoms with van der Waals surface area (Å²) in [6, 6.07) is 19.7. The van der Waals surface area contributed by atoms with Crippen molar-refractivity contribution in [3.63, 3.8) is 0 Å². The van der Waals surface area contributed by atoms with Gasteiger partial charge in [-0.2, -0.15) is 0 Å². The predicted octanol–water partition coefficient (Wildman–Crippen LogP) is 3.84. The number of carbonyl (C=O) groups excluding carboxylic acids is 2. The SMILES string of the molecule is COc1ccc([C@H]2c3ccsc3CCN2CC(=O)N2CCN(C(=O)COc3ccccc3)[C@H](C)C2)cc1. The summed E-state index contributed by atoms with van der Waals surface area (Å²) in [5, 5.41) is 2.14. The van der Waals surface area contributed by atoms with Crippen LogP contribution in [0.4, 0.5) is 0 Å². The van der Waals surface area contributed by atoms with E-state index >= 15 is 0 Å². The summed E-state index contributed by atoms with van der Waals surface area (Å²) in [5.41, 5.74) is 2.45. The third-order valence-corrected chi connectivity index (χ3v) is 8.24. The van der Waals surface area contributed by atoms with Crippen molar-refractivity contribution in [1.29, 1.82) is 0 Å². The number of piperazine rings is 1. The average Bonchev–Trinajstić information content (AvgIpc) is 3.41. The number of hydrogen-bond donors (Lipinski definition) is 0. The predicted molar refractivity (Wildman–Crippen MR) is 144 cm³/mol. The molecular weight excluding hydrogens is 486 g/mol. The maximum Gasteiger partial charge on any atom is 0.260 e. The van der Waals surface area contributed by atoms with Gasteiger partial charge in [-0.1, -0.05) is 30.3 Å². The first kappa shape index (κ1) is 25.3. The molecule has 3 aromatic rings. The summed E-state index contributed by atoms with van der Waals surface area (Å²) in [4.78, 5) is 33.7. The number of ether oxygens (including phenoxy) is 2. The highest BCUT2D eigenvalue weighted by Gasteiger charge is 2.34. The summed E-state index contributed by atoms with van der Waals surface area (Å²) in [5.74, 6) is 1.56. The number of rotatable bonds is 7. The van der Waals surface area contributed by atoms with Crippen LogP contribution < -0.4 is 9.47 Å². The molecule has 3 heterocycles. The second-order valence-electron chi connectivity index (χ2n) is 9.57. The van der Waals surface area contributed by atoms with Crippen molar-refractivity contribution < 1.29 is 19.1 Å². The van der Waals surface area contributed by atoms with Crippen LogP contribution in [0.3, 0.4) is 0 Å². The first-order chi connectivity index (χ1) is 18.0. The van der Waals surface area contributed by atoms with Crippen LogP contribution in [0.5, 0.6) is 11.5 Å². The van der Waals surface area contributed by atoms with E-state index in [1.54, 1.807) is 18.4 Å². The van der Waals surface area contributed by atoms with Gasteiger partial charge in [-0.3, -0.25) is 14.5 Å². The second kappa shape index (κ2) is 11.4. The topological polar surface area (TPSA) is 62.3 Å². The number of hydrogen-bond acceptors (Lipinski definition) is 6. The highest BCUT2D eigenvalue weighted by molar-refractivity contribution is 7.10. The van der Waals surface area contributed by atoms with Crippen LogP contribution in [0.2, 0.25) is 0 Å². The molecule has 2 atom stereocenters. The van der Waals surface area contributed by atoms with Gasteiger partial charge in [0.05, 0.1) is 19.7 Å². The summed E-state index contributed by atoms with van der Waals surface area (Å²) in [6.07, 6.45) is 0.951. The van der Waals surface area contributed by atoms with E-state index < -0.39 is 0 Å². The summed E-state index contributed by atoms with van der Waals surface area (Å²) in [6.45, 7) is 4.76. The lowest BCUT2D eigenvalue weighted by Gasteiger charge is -2.41. The Balaban J connectivity index is 1.21. The molecule has 1 fully saturated rings. The van der Waals surface area contributed by atoms with Crippen LogP contribution in [0.15, 0.2) is 66.0 Å². The van der Waals surface area contributed by atoms with Gasteiger partial charge in [0.25, 0.3) is 5.91 Å². The van der Waals surface area contributed by atoms with Crippen molar-refractivity contribution in [1.82, 2.24) is 14.7 Å². The number of para-hydroxylation sites is 1. The Morgan fingerprint density at radius 1 is 0.946 bits per heavy atom. The van der Waals surface area contributed by atoms with Gasteiger partial charge in [-0.05, 0) is 60.2 Å². The highest BCUT2D eigenvalue weighted by Crippen LogP contribution is 2.38. The van der Waals surface area contributed by atoms with E-state index in [2.05, 4.69) is 28.5 Å².